The molecule has 13 heteroatoms. The molecule has 0 spiro atoms. The van der Waals surface area contributed by atoms with E-state index in [4.69, 9.17) is 11.5 Å². The molecule has 49 heavy (non-hydrogen) atoms. The van der Waals surface area contributed by atoms with Crippen molar-refractivity contribution in [1.29, 1.82) is 0 Å². The van der Waals surface area contributed by atoms with E-state index in [1.165, 1.54) is 19.1 Å². The summed E-state index contributed by atoms with van der Waals surface area (Å²) in [7, 11) is 0. The molecule has 3 aromatic rings. The Morgan fingerprint density at radius 3 is 1.90 bits per heavy atom. The van der Waals surface area contributed by atoms with E-state index in [1.54, 1.807) is 26.0 Å². The van der Waals surface area contributed by atoms with Gasteiger partial charge in [0.15, 0.2) is 5.96 Å². The lowest BCUT2D eigenvalue weighted by Gasteiger charge is -2.25. The lowest BCUT2D eigenvalue weighted by Crippen LogP contribution is -2.56. The number of hydrogen-bond donors (Lipinski definition) is 7. The first-order valence-electron chi connectivity index (χ1n) is 16.1. The number of nitrogens with zero attached hydrogens (tertiary/aromatic N) is 1. The van der Waals surface area contributed by atoms with Crippen LogP contribution in [0.5, 0.6) is 0 Å². The summed E-state index contributed by atoms with van der Waals surface area (Å²) in [6, 6.07) is 22.3. The van der Waals surface area contributed by atoms with Crippen molar-refractivity contribution in [2.24, 2.45) is 22.4 Å². The van der Waals surface area contributed by atoms with Crippen LogP contribution >= 0.6 is 0 Å². The normalized spacial score (nSPS) is 12.5. The lowest BCUT2D eigenvalue weighted by molar-refractivity contribution is -0.130. The van der Waals surface area contributed by atoms with Crippen LogP contribution in [0.25, 0.3) is 0 Å². The van der Waals surface area contributed by atoms with Crippen LogP contribution in [-0.2, 0) is 32.1 Å². The fourth-order valence-corrected chi connectivity index (χ4v) is 4.94. The molecule has 3 aromatic carbocycles. The zero-order chi connectivity index (χ0) is 35.8. The van der Waals surface area contributed by atoms with Gasteiger partial charge in [0.05, 0.1) is 0 Å². The highest BCUT2D eigenvalue weighted by molar-refractivity contribution is 6.00. The van der Waals surface area contributed by atoms with Gasteiger partial charge < -0.3 is 38.1 Å². The van der Waals surface area contributed by atoms with Crippen molar-refractivity contribution in [3.8, 4) is 0 Å². The average molecular weight is 671 g/mol. The summed E-state index contributed by atoms with van der Waals surface area (Å²) < 4.78 is 0. The molecule has 0 heterocycles. The second kappa shape index (κ2) is 19.2. The minimum atomic E-state index is -0.940. The van der Waals surface area contributed by atoms with Gasteiger partial charge in [-0.2, -0.15) is 0 Å². The fraction of sp³-hybridized carbons (Fsp3) is 0.333. The molecule has 0 aliphatic heterocycles. The van der Waals surface area contributed by atoms with Gasteiger partial charge in [0.1, 0.15) is 18.1 Å². The molecule has 0 radical (unpaired) electrons. The van der Waals surface area contributed by atoms with Crippen LogP contribution in [0.1, 0.15) is 55.1 Å². The van der Waals surface area contributed by atoms with Crippen molar-refractivity contribution in [2.75, 3.05) is 11.9 Å². The first-order chi connectivity index (χ1) is 23.4. The second-order valence-electron chi connectivity index (χ2n) is 11.9. The third kappa shape index (κ3) is 13.1. The van der Waals surface area contributed by atoms with Crippen molar-refractivity contribution < 1.29 is 24.0 Å². The van der Waals surface area contributed by atoms with Gasteiger partial charge in [-0.25, -0.2) is 0 Å². The molecule has 5 amide bonds. The van der Waals surface area contributed by atoms with Crippen LogP contribution in [0.2, 0.25) is 0 Å². The summed E-state index contributed by atoms with van der Waals surface area (Å²) >= 11 is 0. The molecule has 0 saturated heterocycles. The summed E-state index contributed by atoms with van der Waals surface area (Å²) in [4.78, 5) is 68.6. The number of aliphatic imine (C=N–C) groups is 1. The first kappa shape index (κ1) is 37.7. The topological polar surface area (TPSA) is 210 Å². The van der Waals surface area contributed by atoms with E-state index in [1.807, 2.05) is 60.7 Å². The average Bonchev–Trinajstić information content (AvgIpc) is 3.07. The van der Waals surface area contributed by atoms with Crippen LogP contribution in [0.15, 0.2) is 89.9 Å². The highest BCUT2D eigenvalue weighted by Gasteiger charge is 2.29. The Kier molecular flexibility index (Phi) is 14.8. The van der Waals surface area contributed by atoms with Crippen molar-refractivity contribution in [2.45, 2.75) is 64.7 Å². The molecule has 3 atom stereocenters. The highest BCUT2D eigenvalue weighted by Crippen LogP contribution is 2.13. The molecule has 9 N–H and O–H groups in total. The van der Waals surface area contributed by atoms with Crippen LogP contribution in [0, 0.1) is 5.92 Å². The van der Waals surface area contributed by atoms with E-state index >= 15 is 0 Å². The number of carbonyl (C=O) groups is 5. The maximum absolute atomic E-state index is 13.6. The number of benzene rings is 3. The summed E-state index contributed by atoms with van der Waals surface area (Å²) in [6.07, 6.45) is 1.03. The molecule has 3 rings (SSSR count). The molecule has 3 unspecified atom stereocenters. The van der Waals surface area contributed by atoms with Gasteiger partial charge in [0.25, 0.3) is 5.91 Å². The third-order valence-electron chi connectivity index (χ3n) is 7.51. The van der Waals surface area contributed by atoms with E-state index in [-0.39, 0.29) is 35.7 Å². The van der Waals surface area contributed by atoms with Gasteiger partial charge >= 0.3 is 0 Å². The Bertz CT molecular complexity index is 1580. The Labute approximate surface area is 286 Å². The highest BCUT2D eigenvalue weighted by atomic mass is 16.2. The molecule has 0 fully saturated rings. The van der Waals surface area contributed by atoms with Gasteiger partial charge in [-0.05, 0) is 54.2 Å². The summed E-state index contributed by atoms with van der Waals surface area (Å²) in [5.74, 6) is -2.50. The molecule has 0 bridgehead atoms. The van der Waals surface area contributed by atoms with E-state index in [0.717, 1.165) is 11.1 Å². The molecular formula is C36H46N8O5. The Morgan fingerprint density at radius 2 is 1.33 bits per heavy atom. The van der Waals surface area contributed by atoms with Crippen LogP contribution in [-0.4, -0.2) is 60.2 Å². The van der Waals surface area contributed by atoms with E-state index in [9.17, 15) is 24.0 Å². The minimum Gasteiger partial charge on any atom is -0.370 e. The van der Waals surface area contributed by atoms with Crippen molar-refractivity contribution >= 4 is 41.2 Å². The fourth-order valence-electron chi connectivity index (χ4n) is 4.94. The monoisotopic (exact) mass is 670 g/mol. The Balaban J connectivity index is 1.65. The number of nitrogens with two attached hydrogens (primary N) is 2. The summed E-state index contributed by atoms with van der Waals surface area (Å²) in [5.41, 5.74) is 13.1. The zero-order valence-electron chi connectivity index (χ0n) is 28.1. The number of hydrogen-bond acceptors (Lipinski definition) is 6. The molecule has 260 valence electrons. The van der Waals surface area contributed by atoms with Crippen LogP contribution < -0.4 is 38.1 Å². The third-order valence-corrected chi connectivity index (χ3v) is 7.51. The molecule has 0 aromatic heterocycles. The van der Waals surface area contributed by atoms with Crippen LogP contribution in [0.4, 0.5) is 5.69 Å². The summed E-state index contributed by atoms with van der Waals surface area (Å²) in [5, 5.41) is 13.9. The van der Waals surface area contributed by atoms with E-state index < -0.39 is 35.8 Å². The van der Waals surface area contributed by atoms with Gasteiger partial charge in [-0.1, -0.05) is 74.5 Å². The smallest absolute Gasteiger partial charge is 0.251 e. The van der Waals surface area contributed by atoms with Gasteiger partial charge in [0, 0.05) is 37.7 Å². The number of carbonyl (C=O) groups excluding carboxylic acids is 5. The Hall–Kier alpha value is -5.72. The van der Waals surface area contributed by atoms with E-state index in [0.29, 0.717) is 31.6 Å². The zero-order valence-corrected chi connectivity index (χ0v) is 28.1. The quantitative estimate of drug-likeness (QED) is 0.0644. The molecule has 0 aliphatic rings. The van der Waals surface area contributed by atoms with Crippen molar-refractivity contribution in [3.63, 3.8) is 0 Å². The lowest BCUT2D eigenvalue weighted by atomic mass is 10.0. The van der Waals surface area contributed by atoms with Crippen LogP contribution in [0.3, 0.4) is 0 Å². The SMILES string of the molecule is CC(=O)NC(CCCN=C(N)N)C(=O)Nc1ccc(C(=O)NC(C(=O)NC(Cc2ccccc2)C(=O)NCc2ccccc2)C(C)C)cc1. The van der Waals surface area contributed by atoms with Gasteiger partial charge in [-0.15, -0.1) is 0 Å². The van der Waals surface area contributed by atoms with E-state index in [2.05, 4.69) is 31.6 Å². The number of nitrogens with one attached hydrogen (secondary N) is 5. The number of guanidine groups is 1. The van der Waals surface area contributed by atoms with Gasteiger partial charge in [0.2, 0.25) is 23.6 Å². The van der Waals surface area contributed by atoms with Crippen molar-refractivity contribution in [3.05, 3.63) is 102 Å². The predicted molar refractivity (Wildman–Crippen MR) is 189 cm³/mol. The van der Waals surface area contributed by atoms with Crippen molar-refractivity contribution in [1.82, 2.24) is 21.3 Å². The molecule has 0 saturated carbocycles. The molecule has 13 nitrogen and oxygen atoms in total. The molecule has 0 aliphatic carbocycles. The first-order valence-corrected chi connectivity index (χ1v) is 16.1. The Morgan fingerprint density at radius 1 is 0.714 bits per heavy atom. The predicted octanol–water partition coefficient (Wildman–Crippen LogP) is 1.98. The second-order valence-corrected chi connectivity index (χ2v) is 11.9. The summed E-state index contributed by atoms with van der Waals surface area (Å²) in [6.45, 7) is 5.52. The maximum Gasteiger partial charge on any atom is 0.251 e. The molecular weight excluding hydrogens is 624 g/mol. The number of rotatable bonds is 17. The standard InChI is InChI=1S/C36H46N8O5/c1-23(2)31(35(49)43-30(21-25-11-6-4-7-12-25)33(47)40-22-26-13-8-5-9-14-26)44-32(46)27-16-18-28(19-17-27)42-34(48)29(41-24(3)45)15-10-20-39-36(37)38/h4-9,11-14,16-19,23,29-31H,10,15,20-22H2,1-3H3,(H,40,47)(H,41,45)(H,42,48)(H,43,49)(H,44,46)(H4,37,38,39). The maximum atomic E-state index is 13.6. The number of anilines is 1. The largest absolute Gasteiger partial charge is 0.370 e. The minimum absolute atomic E-state index is 0.0563. The number of amides is 5. The van der Waals surface area contributed by atoms with Gasteiger partial charge in [-0.3, -0.25) is 29.0 Å².